The van der Waals surface area contributed by atoms with Gasteiger partial charge >= 0.3 is 0 Å². The van der Waals surface area contributed by atoms with Crippen molar-refractivity contribution in [2.45, 2.75) is 6.92 Å². The molecule has 0 fully saturated rings. The molecule has 0 aliphatic rings. The van der Waals surface area contributed by atoms with Gasteiger partial charge in [-0.05, 0) is 30.7 Å². The van der Waals surface area contributed by atoms with Crippen LogP contribution in [0.1, 0.15) is 5.56 Å². The maximum atomic E-state index is 13.3. The van der Waals surface area contributed by atoms with Crippen LogP contribution in [0.2, 0.25) is 0 Å². The van der Waals surface area contributed by atoms with E-state index < -0.39 is 5.82 Å². The van der Waals surface area contributed by atoms with E-state index in [1.807, 2.05) is 0 Å². The molecule has 0 atom stereocenters. The molecular formula is C13H11F2NO. The van der Waals surface area contributed by atoms with Crippen molar-refractivity contribution in [2.24, 2.45) is 0 Å². The lowest BCUT2D eigenvalue weighted by atomic mass is 10.2. The Hall–Kier alpha value is -2.10. The van der Waals surface area contributed by atoms with E-state index >= 15 is 0 Å². The molecule has 2 nitrogen and oxygen atoms in total. The monoisotopic (exact) mass is 235 g/mol. The zero-order valence-electron chi connectivity index (χ0n) is 9.21. The van der Waals surface area contributed by atoms with Crippen LogP contribution in [0.5, 0.6) is 11.5 Å². The molecule has 2 aromatic rings. The summed E-state index contributed by atoms with van der Waals surface area (Å²) in [4.78, 5) is 0. The molecule has 0 aliphatic heterocycles. The molecule has 0 unspecified atom stereocenters. The van der Waals surface area contributed by atoms with Gasteiger partial charge in [0.2, 0.25) is 0 Å². The van der Waals surface area contributed by atoms with Crippen LogP contribution in [-0.4, -0.2) is 0 Å². The van der Waals surface area contributed by atoms with Crippen LogP contribution >= 0.6 is 0 Å². The Kier molecular flexibility index (Phi) is 2.95. The summed E-state index contributed by atoms with van der Waals surface area (Å²) >= 11 is 0. The number of hydrogen-bond acceptors (Lipinski definition) is 2. The molecule has 2 rings (SSSR count). The summed E-state index contributed by atoms with van der Waals surface area (Å²) in [5, 5.41) is 0. The highest BCUT2D eigenvalue weighted by molar-refractivity contribution is 5.54. The minimum Gasteiger partial charge on any atom is -0.455 e. The van der Waals surface area contributed by atoms with Crippen LogP contribution in [0.25, 0.3) is 0 Å². The molecule has 0 saturated carbocycles. The number of benzene rings is 2. The predicted molar refractivity (Wildman–Crippen MR) is 62.0 cm³/mol. The Balaban J connectivity index is 2.31. The van der Waals surface area contributed by atoms with Gasteiger partial charge in [-0.25, -0.2) is 8.78 Å². The highest BCUT2D eigenvalue weighted by Crippen LogP contribution is 2.29. The van der Waals surface area contributed by atoms with E-state index in [-0.39, 0.29) is 23.0 Å². The topological polar surface area (TPSA) is 35.2 Å². The number of aryl methyl sites for hydroxylation is 1. The summed E-state index contributed by atoms with van der Waals surface area (Å²) in [6, 6.07) is 8.66. The molecule has 2 N–H and O–H groups in total. The van der Waals surface area contributed by atoms with Crippen molar-refractivity contribution in [1.82, 2.24) is 0 Å². The van der Waals surface area contributed by atoms with Crippen molar-refractivity contribution in [3.05, 3.63) is 53.6 Å². The summed E-state index contributed by atoms with van der Waals surface area (Å²) in [6.07, 6.45) is 0. The van der Waals surface area contributed by atoms with Crippen molar-refractivity contribution in [1.29, 1.82) is 0 Å². The minimum absolute atomic E-state index is 0.0894. The SMILES string of the molecule is Cc1ccc(Oc2cccc(F)c2N)cc1F. The second kappa shape index (κ2) is 4.41. The van der Waals surface area contributed by atoms with Crippen molar-refractivity contribution in [3.63, 3.8) is 0 Å². The lowest BCUT2D eigenvalue weighted by Gasteiger charge is -2.09. The number of nitrogens with two attached hydrogens (primary N) is 1. The number of anilines is 1. The molecule has 4 heteroatoms. The van der Waals surface area contributed by atoms with Crippen LogP contribution in [0.15, 0.2) is 36.4 Å². The molecule has 2 aromatic carbocycles. The number of para-hydroxylation sites is 1. The van der Waals surface area contributed by atoms with Gasteiger partial charge in [0.15, 0.2) is 5.75 Å². The Morgan fingerprint density at radius 3 is 2.53 bits per heavy atom. The van der Waals surface area contributed by atoms with Gasteiger partial charge in [0.1, 0.15) is 23.1 Å². The maximum absolute atomic E-state index is 13.3. The molecule has 88 valence electrons. The van der Waals surface area contributed by atoms with Gasteiger partial charge in [-0.2, -0.15) is 0 Å². The number of nitrogen functional groups attached to an aromatic ring is 1. The van der Waals surface area contributed by atoms with Crippen LogP contribution in [0, 0.1) is 18.6 Å². The van der Waals surface area contributed by atoms with E-state index in [4.69, 9.17) is 10.5 Å². The minimum atomic E-state index is -0.560. The first-order valence-electron chi connectivity index (χ1n) is 5.06. The first-order valence-corrected chi connectivity index (χ1v) is 5.06. The first kappa shape index (κ1) is 11.4. The van der Waals surface area contributed by atoms with Crippen molar-refractivity contribution < 1.29 is 13.5 Å². The quantitative estimate of drug-likeness (QED) is 0.806. The normalized spacial score (nSPS) is 10.3. The van der Waals surface area contributed by atoms with Gasteiger partial charge in [-0.1, -0.05) is 12.1 Å². The summed E-state index contributed by atoms with van der Waals surface area (Å²) in [7, 11) is 0. The van der Waals surface area contributed by atoms with Crippen LogP contribution in [-0.2, 0) is 0 Å². The third kappa shape index (κ3) is 2.36. The van der Waals surface area contributed by atoms with Crippen LogP contribution in [0.3, 0.4) is 0 Å². The zero-order valence-corrected chi connectivity index (χ0v) is 9.21. The van der Waals surface area contributed by atoms with E-state index in [0.29, 0.717) is 5.56 Å². The summed E-state index contributed by atoms with van der Waals surface area (Å²) in [5.74, 6) is -0.480. The van der Waals surface area contributed by atoms with Gasteiger partial charge < -0.3 is 10.5 Å². The highest BCUT2D eigenvalue weighted by atomic mass is 19.1. The van der Waals surface area contributed by atoms with Gasteiger partial charge in [0.25, 0.3) is 0 Å². The largest absolute Gasteiger partial charge is 0.455 e. The van der Waals surface area contributed by atoms with E-state index in [1.165, 1.54) is 24.3 Å². The van der Waals surface area contributed by atoms with E-state index in [9.17, 15) is 8.78 Å². The number of ether oxygens (including phenoxy) is 1. The number of hydrogen-bond donors (Lipinski definition) is 1. The van der Waals surface area contributed by atoms with Gasteiger partial charge in [-0.3, -0.25) is 0 Å². The fraction of sp³-hybridized carbons (Fsp3) is 0.0769. The third-order valence-corrected chi connectivity index (χ3v) is 2.38. The highest BCUT2D eigenvalue weighted by Gasteiger charge is 2.07. The van der Waals surface area contributed by atoms with Crippen molar-refractivity contribution in [2.75, 3.05) is 5.73 Å². The Morgan fingerprint density at radius 1 is 1.06 bits per heavy atom. The molecule has 0 saturated heterocycles. The van der Waals surface area contributed by atoms with E-state index in [2.05, 4.69) is 0 Å². The third-order valence-electron chi connectivity index (χ3n) is 2.38. The standard InChI is InChI=1S/C13H11F2NO/c1-8-5-6-9(7-11(8)15)17-12-4-2-3-10(14)13(12)16/h2-7H,16H2,1H3. The summed E-state index contributed by atoms with van der Waals surface area (Å²) < 4.78 is 31.7. The molecule has 0 amide bonds. The maximum Gasteiger partial charge on any atom is 0.153 e. The predicted octanol–water partition coefficient (Wildman–Crippen LogP) is 3.65. The van der Waals surface area contributed by atoms with Crippen LogP contribution in [0.4, 0.5) is 14.5 Å². The lowest BCUT2D eigenvalue weighted by molar-refractivity contribution is 0.474. The molecular weight excluding hydrogens is 224 g/mol. The molecule has 0 aromatic heterocycles. The average molecular weight is 235 g/mol. The Labute approximate surface area is 97.6 Å². The van der Waals surface area contributed by atoms with E-state index in [1.54, 1.807) is 19.1 Å². The summed E-state index contributed by atoms with van der Waals surface area (Å²) in [6.45, 7) is 1.65. The Morgan fingerprint density at radius 2 is 1.82 bits per heavy atom. The molecule has 0 heterocycles. The molecule has 0 spiro atoms. The number of halogens is 2. The summed E-state index contributed by atoms with van der Waals surface area (Å²) in [5.41, 5.74) is 5.93. The average Bonchev–Trinajstić information content (AvgIpc) is 2.30. The molecule has 0 bridgehead atoms. The van der Waals surface area contributed by atoms with E-state index in [0.717, 1.165) is 0 Å². The van der Waals surface area contributed by atoms with Crippen LogP contribution < -0.4 is 10.5 Å². The Bertz CT molecular complexity index is 555. The first-order chi connectivity index (χ1) is 8.08. The molecule has 0 radical (unpaired) electrons. The van der Waals surface area contributed by atoms with Gasteiger partial charge in [0, 0.05) is 6.07 Å². The molecule has 0 aliphatic carbocycles. The number of rotatable bonds is 2. The van der Waals surface area contributed by atoms with Crippen molar-refractivity contribution >= 4 is 5.69 Å². The fourth-order valence-electron chi connectivity index (χ4n) is 1.37. The smallest absolute Gasteiger partial charge is 0.153 e. The fourth-order valence-corrected chi connectivity index (χ4v) is 1.37. The second-order valence-corrected chi connectivity index (χ2v) is 3.66. The second-order valence-electron chi connectivity index (χ2n) is 3.66. The lowest BCUT2D eigenvalue weighted by Crippen LogP contribution is -1.95. The molecule has 17 heavy (non-hydrogen) atoms. The zero-order chi connectivity index (χ0) is 12.4. The van der Waals surface area contributed by atoms with Gasteiger partial charge in [0.05, 0.1) is 0 Å². The van der Waals surface area contributed by atoms with Crippen molar-refractivity contribution in [3.8, 4) is 11.5 Å². The van der Waals surface area contributed by atoms with Gasteiger partial charge in [-0.15, -0.1) is 0 Å².